The van der Waals surface area contributed by atoms with Crippen molar-refractivity contribution >= 4 is 0 Å². The van der Waals surface area contributed by atoms with Gasteiger partial charge in [0.2, 0.25) is 0 Å². The lowest BCUT2D eigenvalue weighted by atomic mass is 9.86. The predicted molar refractivity (Wildman–Crippen MR) is 79.1 cm³/mol. The van der Waals surface area contributed by atoms with Gasteiger partial charge < -0.3 is 5.73 Å². The standard InChI is InChI=1S/C16H23N3/c1-5-19-14(10-11-18-19)15(17)12-6-8-13(9-7-12)16(2,3)4/h6-11,15H,5,17H2,1-4H3. The average Bonchev–Trinajstić information content (AvgIpc) is 2.85. The van der Waals surface area contributed by atoms with E-state index in [0.29, 0.717) is 0 Å². The minimum Gasteiger partial charge on any atom is -0.319 e. The van der Waals surface area contributed by atoms with Crippen LogP contribution < -0.4 is 5.73 Å². The Kier molecular flexibility index (Phi) is 3.76. The number of aryl methyl sites for hydroxylation is 1. The summed E-state index contributed by atoms with van der Waals surface area (Å²) in [7, 11) is 0. The molecule has 2 aromatic rings. The van der Waals surface area contributed by atoms with Crippen LogP contribution >= 0.6 is 0 Å². The van der Waals surface area contributed by atoms with Crippen LogP contribution in [0.15, 0.2) is 36.5 Å². The van der Waals surface area contributed by atoms with Gasteiger partial charge in [-0.15, -0.1) is 0 Å². The third-order valence-corrected chi connectivity index (χ3v) is 3.50. The van der Waals surface area contributed by atoms with E-state index in [2.05, 4.69) is 57.1 Å². The monoisotopic (exact) mass is 257 g/mol. The average molecular weight is 257 g/mol. The number of hydrogen-bond acceptors (Lipinski definition) is 2. The van der Waals surface area contributed by atoms with E-state index in [1.165, 1.54) is 5.56 Å². The van der Waals surface area contributed by atoms with Crippen molar-refractivity contribution in [3.05, 3.63) is 53.3 Å². The molecule has 3 heteroatoms. The molecule has 2 N–H and O–H groups in total. The van der Waals surface area contributed by atoms with Crippen molar-refractivity contribution in [2.45, 2.75) is 45.7 Å². The zero-order valence-electron chi connectivity index (χ0n) is 12.2. The lowest BCUT2D eigenvalue weighted by Crippen LogP contribution is -2.18. The van der Waals surface area contributed by atoms with Gasteiger partial charge in [0.15, 0.2) is 0 Å². The molecular weight excluding hydrogens is 234 g/mol. The van der Waals surface area contributed by atoms with Crippen LogP contribution in [-0.4, -0.2) is 9.78 Å². The first kappa shape index (κ1) is 13.8. The summed E-state index contributed by atoms with van der Waals surface area (Å²) in [5.41, 5.74) is 10.0. The minimum atomic E-state index is -0.114. The molecule has 1 aromatic carbocycles. The van der Waals surface area contributed by atoms with Gasteiger partial charge in [-0.1, -0.05) is 45.0 Å². The molecule has 0 radical (unpaired) electrons. The van der Waals surface area contributed by atoms with Crippen LogP contribution in [0.1, 0.15) is 50.6 Å². The van der Waals surface area contributed by atoms with Crippen molar-refractivity contribution in [3.8, 4) is 0 Å². The van der Waals surface area contributed by atoms with Crippen molar-refractivity contribution in [1.82, 2.24) is 9.78 Å². The van der Waals surface area contributed by atoms with E-state index < -0.39 is 0 Å². The largest absolute Gasteiger partial charge is 0.319 e. The van der Waals surface area contributed by atoms with Gasteiger partial charge in [-0.2, -0.15) is 5.10 Å². The number of nitrogens with two attached hydrogens (primary N) is 1. The molecule has 2 rings (SSSR count). The maximum Gasteiger partial charge on any atom is 0.0723 e. The van der Waals surface area contributed by atoms with Gasteiger partial charge in [-0.3, -0.25) is 4.68 Å². The molecule has 1 aromatic heterocycles. The zero-order valence-corrected chi connectivity index (χ0v) is 12.2. The fraction of sp³-hybridized carbons (Fsp3) is 0.438. The van der Waals surface area contributed by atoms with Gasteiger partial charge >= 0.3 is 0 Å². The topological polar surface area (TPSA) is 43.8 Å². The molecule has 102 valence electrons. The highest BCUT2D eigenvalue weighted by atomic mass is 15.3. The lowest BCUT2D eigenvalue weighted by Gasteiger charge is -2.20. The maximum atomic E-state index is 6.34. The second-order valence-corrected chi connectivity index (χ2v) is 5.92. The molecule has 0 bridgehead atoms. The van der Waals surface area contributed by atoms with E-state index in [1.54, 1.807) is 0 Å². The number of nitrogens with zero attached hydrogens (tertiary/aromatic N) is 2. The van der Waals surface area contributed by atoms with Crippen LogP contribution in [0.2, 0.25) is 0 Å². The van der Waals surface area contributed by atoms with Gasteiger partial charge in [0.1, 0.15) is 0 Å². The molecule has 0 aliphatic rings. The van der Waals surface area contributed by atoms with Crippen molar-refractivity contribution in [1.29, 1.82) is 0 Å². The van der Waals surface area contributed by atoms with Crippen molar-refractivity contribution < 1.29 is 0 Å². The Morgan fingerprint density at radius 1 is 1.16 bits per heavy atom. The van der Waals surface area contributed by atoms with Crippen molar-refractivity contribution in [2.75, 3.05) is 0 Å². The predicted octanol–water partition coefficient (Wildman–Crippen LogP) is 3.25. The molecule has 0 aliphatic carbocycles. The molecule has 0 saturated heterocycles. The number of benzene rings is 1. The van der Waals surface area contributed by atoms with E-state index in [-0.39, 0.29) is 11.5 Å². The summed E-state index contributed by atoms with van der Waals surface area (Å²) >= 11 is 0. The highest BCUT2D eigenvalue weighted by Gasteiger charge is 2.16. The molecule has 0 amide bonds. The van der Waals surface area contributed by atoms with Crippen molar-refractivity contribution in [2.24, 2.45) is 5.73 Å². The molecule has 0 spiro atoms. The highest BCUT2D eigenvalue weighted by molar-refractivity contribution is 5.32. The summed E-state index contributed by atoms with van der Waals surface area (Å²) in [6, 6.07) is 10.5. The van der Waals surface area contributed by atoms with E-state index in [1.807, 2.05) is 16.9 Å². The van der Waals surface area contributed by atoms with Crippen LogP contribution in [-0.2, 0) is 12.0 Å². The fourth-order valence-electron chi connectivity index (χ4n) is 2.23. The van der Waals surface area contributed by atoms with Gasteiger partial charge in [0.25, 0.3) is 0 Å². The molecule has 0 fully saturated rings. The Labute approximate surface area is 115 Å². The summed E-state index contributed by atoms with van der Waals surface area (Å²) in [5.74, 6) is 0. The van der Waals surface area contributed by atoms with Gasteiger partial charge in [-0.05, 0) is 29.5 Å². The second-order valence-electron chi connectivity index (χ2n) is 5.92. The van der Waals surface area contributed by atoms with Crippen LogP contribution in [0.4, 0.5) is 0 Å². The fourth-order valence-corrected chi connectivity index (χ4v) is 2.23. The molecule has 3 nitrogen and oxygen atoms in total. The second kappa shape index (κ2) is 5.17. The van der Waals surface area contributed by atoms with E-state index in [4.69, 9.17) is 5.73 Å². The third-order valence-electron chi connectivity index (χ3n) is 3.50. The molecule has 0 aliphatic heterocycles. The number of rotatable bonds is 3. The molecule has 1 unspecified atom stereocenters. The molecule has 0 saturated carbocycles. The maximum absolute atomic E-state index is 6.34. The van der Waals surface area contributed by atoms with Gasteiger partial charge in [-0.25, -0.2) is 0 Å². The summed E-state index contributed by atoms with van der Waals surface area (Å²) in [6.07, 6.45) is 1.81. The first-order chi connectivity index (χ1) is 8.93. The Hall–Kier alpha value is -1.61. The van der Waals surface area contributed by atoms with Crippen LogP contribution in [0.25, 0.3) is 0 Å². The molecular formula is C16H23N3. The van der Waals surface area contributed by atoms with E-state index in [0.717, 1.165) is 17.8 Å². The number of aromatic nitrogens is 2. The lowest BCUT2D eigenvalue weighted by molar-refractivity contribution is 0.587. The Bertz CT molecular complexity index is 532. The molecule has 19 heavy (non-hydrogen) atoms. The van der Waals surface area contributed by atoms with Crippen LogP contribution in [0, 0.1) is 0 Å². The smallest absolute Gasteiger partial charge is 0.0723 e. The summed E-state index contributed by atoms with van der Waals surface area (Å²) < 4.78 is 1.95. The Morgan fingerprint density at radius 3 is 2.32 bits per heavy atom. The molecule has 1 heterocycles. The summed E-state index contributed by atoms with van der Waals surface area (Å²) in [4.78, 5) is 0. The van der Waals surface area contributed by atoms with Crippen LogP contribution in [0.3, 0.4) is 0 Å². The van der Waals surface area contributed by atoms with Gasteiger partial charge in [0, 0.05) is 12.7 Å². The first-order valence-electron chi connectivity index (χ1n) is 6.81. The highest BCUT2D eigenvalue weighted by Crippen LogP contribution is 2.25. The number of hydrogen-bond donors (Lipinski definition) is 1. The molecule has 1 atom stereocenters. The third kappa shape index (κ3) is 2.87. The zero-order chi connectivity index (χ0) is 14.0. The van der Waals surface area contributed by atoms with E-state index in [9.17, 15) is 0 Å². The quantitative estimate of drug-likeness (QED) is 0.917. The SMILES string of the molecule is CCn1nccc1C(N)c1ccc(C(C)(C)C)cc1. The van der Waals surface area contributed by atoms with Crippen LogP contribution in [0.5, 0.6) is 0 Å². The summed E-state index contributed by atoms with van der Waals surface area (Å²) in [5, 5.41) is 4.27. The van der Waals surface area contributed by atoms with E-state index >= 15 is 0 Å². The Balaban J connectivity index is 2.28. The Morgan fingerprint density at radius 2 is 1.79 bits per heavy atom. The first-order valence-corrected chi connectivity index (χ1v) is 6.81. The van der Waals surface area contributed by atoms with Crippen molar-refractivity contribution in [3.63, 3.8) is 0 Å². The summed E-state index contributed by atoms with van der Waals surface area (Å²) in [6.45, 7) is 9.57. The minimum absolute atomic E-state index is 0.114. The van der Waals surface area contributed by atoms with Gasteiger partial charge in [0.05, 0.1) is 11.7 Å². The normalized spacial score (nSPS) is 13.5.